The van der Waals surface area contributed by atoms with Crippen LogP contribution in [0.1, 0.15) is 27.0 Å². The maximum atomic E-state index is 14.2. The number of fused-ring (bicyclic) bond motifs is 1. The molecule has 5 aromatic carbocycles. The maximum absolute atomic E-state index is 14.2. The second-order valence-electron chi connectivity index (χ2n) is 12.7. The number of carbonyl (C=O) groups excluding carboxylic acids is 1. The molecule has 264 valence electrons. The number of pyridine rings is 1. The molecule has 1 aliphatic rings. The highest BCUT2D eigenvalue weighted by molar-refractivity contribution is 7.91. The minimum Gasteiger partial charge on any atom is -0.378 e. The van der Waals surface area contributed by atoms with E-state index in [0.717, 1.165) is 41.5 Å². The van der Waals surface area contributed by atoms with Gasteiger partial charge in [0.25, 0.3) is 5.91 Å². The number of ether oxygens (including phenoxy) is 1. The van der Waals surface area contributed by atoms with E-state index in [2.05, 4.69) is 10.2 Å². The van der Waals surface area contributed by atoms with E-state index >= 15 is 0 Å². The highest BCUT2D eigenvalue weighted by Crippen LogP contribution is 2.43. The smallest absolute Gasteiger partial charge is 0.256 e. The zero-order chi connectivity index (χ0) is 36.4. The Morgan fingerprint density at radius 2 is 1.30 bits per heavy atom. The van der Waals surface area contributed by atoms with Crippen molar-refractivity contribution in [2.75, 3.05) is 36.5 Å². The summed E-state index contributed by atoms with van der Waals surface area (Å²) in [7, 11) is -4.21. The van der Waals surface area contributed by atoms with Crippen LogP contribution in [-0.4, -0.2) is 55.4 Å². The summed E-state index contributed by atoms with van der Waals surface area (Å²) in [5.74, 6) is -1.01. The molecule has 1 amide bonds. The fourth-order valence-electron chi connectivity index (χ4n) is 6.96. The highest BCUT2D eigenvalue weighted by Gasteiger charge is 2.42. The summed E-state index contributed by atoms with van der Waals surface area (Å²) < 4.78 is 49.2. The largest absolute Gasteiger partial charge is 0.378 e. The summed E-state index contributed by atoms with van der Waals surface area (Å²) >= 11 is 0. The summed E-state index contributed by atoms with van der Waals surface area (Å²) in [5, 5.41) is 8.36. The van der Waals surface area contributed by atoms with Crippen LogP contribution in [0.25, 0.3) is 11.0 Å². The first-order valence-electron chi connectivity index (χ1n) is 17.2. The average Bonchev–Trinajstić information content (AvgIpc) is 3.57. The lowest BCUT2D eigenvalue weighted by atomic mass is 9.77. The van der Waals surface area contributed by atoms with Crippen LogP contribution in [0.15, 0.2) is 162 Å². The van der Waals surface area contributed by atoms with Crippen LogP contribution >= 0.6 is 0 Å². The first-order valence-corrected chi connectivity index (χ1v) is 18.6. The van der Waals surface area contributed by atoms with E-state index in [-0.39, 0.29) is 21.0 Å². The molecule has 0 spiro atoms. The van der Waals surface area contributed by atoms with Crippen molar-refractivity contribution in [3.63, 3.8) is 0 Å². The Morgan fingerprint density at radius 1 is 0.717 bits per heavy atom. The van der Waals surface area contributed by atoms with E-state index in [1.807, 2.05) is 103 Å². The third-order valence-corrected chi connectivity index (χ3v) is 11.3. The minimum absolute atomic E-state index is 0.109. The van der Waals surface area contributed by atoms with Gasteiger partial charge in [-0.2, -0.15) is 5.10 Å². The Bertz CT molecular complexity index is 2410. The van der Waals surface area contributed by atoms with E-state index in [1.165, 1.54) is 30.5 Å². The summed E-state index contributed by atoms with van der Waals surface area (Å²) in [6.45, 7) is 2.79. The highest BCUT2D eigenvalue weighted by atomic mass is 32.2. The minimum atomic E-state index is -4.21. The molecule has 7 aromatic rings. The Kier molecular flexibility index (Phi) is 9.03. The quantitative estimate of drug-likeness (QED) is 0.156. The lowest BCUT2D eigenvalue weighted by Gasteiger charge is -2.36. The lowest BCUT2D eigenvalue weighted by Crippen LogP contribution is -2.38. The third-order valence-electron chi connectivity index (χ3n) is 9.54. The molecular weight excluding hydrogens is 690 g/mol. The van der Waals surface area contributed by atoms with Crippen molar-refractivity contribution in [2.45, 2.75) is 15.3 Å². The molecular formula is C42H34FN5O4S. The van der Waals surface area contributed by atoms with Gasteiger partial charge in [0.15, 0.2) is 11.5 Å². The van der Waals surface area contributed by atoms with E-state index in [1.54, 1.807) is 16.8 Å². The van der Waals surface area contributed by atoms with Crippen LogP contribution < -0.4 is 10.2 Å². The number of anilines is 2. The van der Waals surface area contributed by atoms with E-state index in [4.69, 9.17) is 14.8 Å². The third kappa shape index (κ3) is 6.24. The van der Waals surface area contributed by atoms with Gasteiger partial charge < -0.3 is 15.0 Å². The summed E-state index contributed by atoms with van der Waals surface area (Å²) in [6.07, 6.45) is 1.25. The first kappa shape index (κ1) is 33.9. The molecule has 1 N–H and O–H groups in total. The molecule has 0 saturated carbocycles. The number of sulfone groups is 1. The lowest BCUT2D eigenvalue weighted by molar-refractivity contribution is 0.102. The van der Waals surface area contributed by atoms with Gasteiger partial charge in [0.05, 0.1) is 28.4 Å². The number of aromatic nitrogens is 3. The molecule has 0 radical (unpaired) electrons. The van der Waals surface area contributed by atoms with Gasteiger partial charge in [-0.3, -0.25) is 4.79 Å². The number of amides is 1. The number of morpholine rings is 1. The summed E-state index contributed by atoms with van der Waals surface area (Å²) in [6, 6.07) is 43.1. The fourth-order valence-corrected chi connectivity index (χ4v) is 8.22. The molecule has 2 aromatic heterocycles. The van der Waals surface area contributed by atoms with E-state index < -0.39 is 27.1 Å². The monoisotopic (exact) mass is 723 g/mol. The van der Waals surface area contributed by atoms with Crippen molar-refractivity contribution in [1.82, 2.24) is 14.8 Å². The number of benzene rings is 5. The second kappa shape index (κ2) is 14.1. The van der Waals surface area contributed by atoms with Crippen LogP contribution in [0.2, 0.25) is 0 Å². The topological polar surface area (TPSA) is 106 Å². The molecule has 0 aliphatic carbocycles. The number of halogens is 1. The molecule has 9 nitrogen and oxygen atoms in total. The van der Waals surface area contributed by atoms with Crippen molar-refractivity contribution in [1.29, 1.82) is 0 Å². The Hall–Kier alpha value is -6.17. The number of nitrogens with one attached hydrogen (secondary N) is 1. The molecule has 3 heterocycles. The number of hydrogen-bond acceptors (Lipinski definition) is 7. The van der Waals surface area contributed by atoms with Crippen LogP contribution in [0.5, 0.6) is 0 Å². The predicted molar refractivity (Wildman–Crippen MR) is 201 cm³/mol. The SMILES string of the molecule is O=C(Nc1nn(C(c2ccccc2)(c2ccccc2)c2ccccc2)c2ncc(S(=O)(=O)c3cccc(F)c3)cc12)c1ccc(N2CCOCC2)cc1. The van der Waals surface area contributed by atoms with Gasteiger partial charge in [-0.1, -0.05) is 97.1 Å². The van der Waals surface area contributed by atoms with Crippen molar-refractivity contribution in [2.24, 2.45) is 0 Å². The number of nitrogens with zero attached hydrogens (tertiary/aromatic N) is 4. The molecule has 8 rings (SSSR count). The molecule has 11 heteroatoms. The van der Waals surface area contributed by atoms with Gasteiger partial charge in [-0.05, 0) is 65.2 Å². The van der Waals surface area contributed by atoms with Crippen molar-refractivity contribution in [3.8, 4) is 0 Å². The van der Waals surface area contributed by atoms with Gasteiger partial charge in [-0.15, -0.1) is 0 Å². The zero-order valence-electron chi connectivity index (χ0n) is 28.5. The summed E-state index contributed by atoms with van der Waals surface area (Å²) in [5.41, 5.74) is 3.14. The predicted octanol–water partition coefficient (Wildman–Crippen LogP) is 7.33. The normalized spacial score (nSPS) is 13.6. The Balaban J connectivity index is 1.34. The van der Waals surface area contributed by atoms with Crippen molar-refractivity contribution >= 4 is 38.3 Å². The van der Waals surface area contributed by atoms with Crippen molar-refractivity contribution < 1.29 is 22.3 Å². The maximum Gasteiger partial charge on any atom is 0.256 e. The van der Waals surface area contributed by atoms with Crippen LogP contribution in [-0.2, 0) is 20.1 Å². The fraction of sp³-hybridized carbons (Fsp3) is 0.119. The van der Waals surface area contributed by atoms with Crippen LogP contribution in [0, 0.1) is 5.82 Å². The van der Waals surface area contributed by atoms with Gasteiger partial charge in [0, 0.05) is 30.5 Å². The van der Waals surface area contributed by atoms with Gasteiger partial charge in [-0.25, -0.2) is 22.5 Å². The van der Waals surface area contributed by atoms with Crippen LogP contribution in [0.4, 0.5) is 15.9 Å². The Morgan fingerprint density at radius 3 is 1.87 bits per heavy atom. The molecule has 0 bridgehead atoms. The molecule has 0 unspecified atom stereocenters. The number of hydrogen-bond donors (Lipinski definition) is 1. The average molecular weight is 724 g/mol. The first-order chi connectivity index (χ1) is 25.9. The summed E-state index contributed by atoms with van der Waals surface area (Å²) in [4.78, 5) is 20.5. The van der Waals surface area contributed by atoms with Gasteiger partial charge in [0.2, 0.25) is 9.84 Å². The molecule has 53 heavy (non-hydrogen) atoms. The van der Waals surface area contributed by atoms with E-state index in [9.17, 15) is 17.6 Å². The number of carbonyl (C=O) groups is 1. The number of rotatable bonds is 9. The zero-order valence-corrected chi connectivity index (χ0v) is 29.3. The standard InChI is InChI=1S/C42H34FN5O4S/c43-34-17-10-18-36(27-34)53(50,51)37-28-38-39(45-41(49)30-19-21-35(22-20-30)47-23-25-52-26-24-47)46-48(40(38)44-29-37)42(31-11-4-1-5-12-31,32-13-6-2-7-14-32)33-15-8-3-9-16-33/h1-22,27-29H,23-26H2,(H,45,46,49). The molecule has 1 saturated heterocycles. The molecule has 0 atom stereocenters. The van der Waals surface area contributed by atoms with E-state index in [0.29, 0.717) is 24.4 Å². The Labute approximate surface area is 306 Å². The second-order valence-corrected chi connectivity index (χ2v) is 14.6. The van der Waals surface area contributed by atoms with Gasteiger partial charge >= 0.3 is 0 Å². The van der Waals surface area contributed by atoms with Gasteiger partial charge in [0.1, 0.15) is 11.4 Å². The van der Waals surface area contributed by atoms with Crippen molar-refractivity contribution in [3.05, 3.63) is 180 Å². The van der Waals surface area contributed by atoms with Crippen LogP contribution in [0.3, 0.4) is 0 Å². The molecule has 1 fully saturated rings. The molecule has 1 aliphatic heterocycles.